The van der Waals surface area contributed by atoms with Gasteiger partial charge in [-0.3, -0.25) is 0 Å². The van der Waals surface area contributed by atoms with Crippen molar-refractivity contribution in [2.75, 3.05) is 13.2 Å². The molecule has 0 saturated heterocycles. The lowest BCUT2D eigenvalue weighted by molar-refractivity contribution is 0.0691. The van der Waals surface area contributed by atoms with Gasteiger partial charge in [0, 0.05) is 21.8 Å². The quantitative estimate of drug-likeness (QED) is 0.413. The van der Waals surface area contributed by atoms with Crippen molar-refractivity contribution in [1.82, 2.24) is 0 Å². The van der Waals surface area contributed by atoms with Crippen molar-refractivity contribution in [2.24, 2.45) is 5.73 Å². The second-order valence-corrected chi connectivity index (χ2v) is 6.93. The normalized spacial score (nSPS) is 10.7. The third-order valence-electron chi connectivity index (χ3n) is 4.02. The number of thioether (sulfide) groups is 1. The summed E-state index contributed by atoms with van der Waals surface area (Å²) in [6.45, 7) is 0.837. The van der Waals surface area contributed by atoms with E-state index in [0.717, 1.165) is 10.5 Å². The van der Waals surface area contributed by atoms with E-state index in [1.165, 1.54) is 0 Å². The molecular weight excluding hydrogens is 362 g/mol. The molecule has 0 unspecified atom stereocenters. The first-order chi connectivity index (χ1) is 13.2. The van der Waals surface area contributed by atoms with Gasteiger partial charge >= 0.3 is 5.97 Å². The Balaban J connectivity index is 1.98. The molecule has 0 amide bonds. The highest BCUT2D eigenvalue weighted by Gasteiger charge is 2.22. The SMILES string of the molecule is NCCCOc1c(-c2ccoc2)ccc(CSc2ccccc2)c1C(=O)O. The number of rotatable bonds is 9. The fourth-order valence-electron chi connectivity index (χ4n) is 2.71. The minimum Gasteiger partial charge on any atom is -0.492 e. The average molecular weight is 383 g/mol. The van der Waals surface area contributed by atoms with Crippen molar-refractivity contribution in [1.29, 1.82) is 0 Å². The number of carboxylic acid groups (broad SMARTS) is 1. The zero-order valence-corrected chi connectivity index (χ0v) is 15.6. The molecule has 2 aromatic carbocycles. The first kappa shape index (κ1) is 19.1. The maximum Gasteiger partial charge on any atom is 0.339 e. The molecule has 0 atom stereocenters. The molecule has 0 spiro atoms. The number of carboxylic acids is 1. The summed E-state index contributed by atoms with van der Waals surface area (Å²) in [7, 11) is 0. The van der Waals surface area contributed by atoms with Crippen LogP contribution < -0.4 is 10.5 Å². The summed E-state index contributed by atoms with van der Waals surface area (Å²) in [4.78, 5) is 13.2. The van der Waals surface area contributed by atoms with Gasteiger partial charge in [-0.2, -0.15) is 0 Å². The Morgan fingerprint density at radius 1 is 1.15 bits per heavy atom. The number of hydrogen-bond acceptors (Lipinski definition) is 5. The molecule has 0 aliphatic rings. The van der Waals surface area contributed by atoms with Crippen LogP contribution in [0.15, 0.2) is 70.4 Å². The van der Waals surface area contributed by atoms with E-state index in [1.807, 2.05) is 42.5 Å². The highest BCUT2D eigenvalue weighted by atomic mass is 32.2. The van der Waals surface area contributed by atoms with Crippen LogP contribution in [0.4, 0.5) is 0 Å². The van der Waals surface area contributed by atoms with Crippen LogP contribution in [0, 0.1) is 0 Å². The predicted molar refractivity (Wildman–Crippen MR) is 106 cm³/mol. The second kappa shape index (κ2) is 9.30. The molecule has 0 saturated carbocycles. The molecule has 6 heteroatoms. The smallest absolute Gasteiger partial charge is 0.339 e. The number of furan rings is 1. The van der Waals surface area contributed by atoms with Crippen molar-refractivity contribution in [2.45, 2.75) is 17.1 Å². The van der Waals surface area contributed by atoms with Gasteiger partial charge in [-0.1, -0.05) is 30.3 Å². The monoisotopic (exact) mass is 383 g/mol. The van der Waals surface area contributed by atoms with E-state index in [2.05, 4.69) is 0 Å². The van der Waals surface area contributed by atoms with Crippen LogP contribution in [0.25, 0.3) is 11.1 Å². The maximum absolute atomic E-state index is 12.1. The van der Waals surface area contributed by atoms with Gasteiger partial charge in [-0.25, -0.2) is 4.79 Å². The van der Waals surface area contributed by atoms with Gasteiger partial charge in [0.15, 0.2) is 0 Å². The fraction of sp³-hybridized carbons (Fsp3) is 0.190. The predicted octanol–water partition coefficient (Wildman–Crippen LogP) is 4.66. The van der Waals surface area contributed by atoms with Gasteiger partial charge in [0.2, 0.25) is 0 Å². The summed E-state index contributed by atoms with van der Waals surface area (Å²) in [5.41, 5.74) is 7.93. The number of hydrogen-bond donors (Lipinski definition) is 2. The van der Waals surface area contributed by atoms with Crippen LogP contribution in [0.5, 0.6) is 5.75 Å². The summed E-state index contributed by atoms with van der Waals surface area (Å²) in [6.07, 6.45) is 3.78. The number of benzene rings is 2. The van der Waals surface area contributed by atoms with E-state index in [-0.39, 0.29) is 5.56 Å². The van der Waals surface area contributed by atoms with Gasteiger partial charge in [0.05, 0.1) is 19.1 Å². The first-order valence-corrected chi connectivity index (χ1v) is 9.61. The minimum absolute atomic E-state index is 0.189. The molecule has 3 aromatic rings. The van der Waals surface area contributed by atoms with Crippen LogP contribution in [0.2, 0.25) is 0 Å². The lowest BCUT2D eigenvalue weighted by Crippen LogP contribution is -2.11. The summed E-state index contributed by atoms with van der Waals surface area (Å²) in [6, 6.07) is 15.4. The Morgan fingerprint density at radius 3 is 2.63 bits per heavy atom. The van der Waals surface area contributed by atoms with Gasteiger partial charge in [0.1, 0.15) is 11.3 Å². The van der Waals surface area contributed by atoms with E-state index in [4.69, 9.17) is 14.9 Å². The molecule has 0 radical (unpaired) electrons. The second-order valence-electron chi connectivity index (χ2n) is 5.89. The highest BCUT2D eigenvalue weighted by Crippen LogP contribution is 2.37. The first-order valence-electron chi connectivity index (χ1n) is 8.63. The molecule has 0 aliphatic carbocycles. The molecule has 1 heterocycles. The third kappa shape index (κ3) is 4.72. The molecule has 3 rings (SSSR count). The third-order valence-corrected chi connectivity index (χ3v) is 5.08. The Kier molecular flexibility index (Phi) is 6.57. The highest BCUT2D eigenvalue weighted by molar-refractivity contribution is 7.98. The molecule has 0 fully saturated rings. The Hall–Kier alpha value is -2.70. The van der Waals surface area contributed by atoms with Crippen molar-refractivity contribution < 1.29 is 19.1 Å². The molecule has 0 aliphatic heterocycles. The van der Waals surface area contributed by atoms with Gasteiger partial charge < -0.3 is 20.0 Å². The zero-order chi connectivity index (χ0) is 19.1. The summed E-state index contributed by atoms with van der Waals surface area (Å²) >= 11 is 1.59. The number of ether oxygens (including phenoxy) is 1. The van der Waals surface area contributed by atoms with Gasteiger partial charge in [-0.15, -0.1) is 11.8 Å². The standard InChI is InChI=1S/C21H21NO4S/c22-10-4-11-26-20-18(15-9-12-25-13-15)8-7-16(19(20)21(23)24)14-27-17-5-2-1-3-6-17/h1-3,5-9,12-13H,4,10-11,14,22H2,(H,23,24). The largest absolute Gasteiger partial charge is 0.492 e. The van der Waals surface area contributed by atoms with Crippen LogP contribution in [-0.2, 0) is 5.75 Å². The van der Waals surface area contributed by atoms with Crippen molar-refractivity contribution in [3.8, 4) is 16.9 Å². The molecule has 140 valence electrons. The van der Waals surface area contributed by atoms with E-state index in [1.54, 1.807) is 30.4 Å². The van der Waals surface area contributed by atoms with Crippen LogP contribution in [-0.4, -0.2) is 24.2 Å². The van der Waals surface area contributed by atoms with Crippen LogP contribution >= 0.6 is 11.8 Å². The topological polar surface area (TPSA) is 85.7 Å². The number of carbonyl (C=O) groups is 1. The van der Waals surface area contributed by atoms with Gasteiger partial charge in [0.25, 0.3) is 0 Å². The average Bonchev–Trinajstić information content (AvgIpc) is 3.21. The summed E-state index contributed by atoms with van der Waals surface area (Å²) < 4.78 is 11.0. The molecule has 0 bridgehead atoms. The van der Waals surface area contributed by atoms with E-state index in [0.29, 0.717) is 42.2 Å². The molecule has 3 N–H and O–H groups in total. The minimum atomic E-state index is -1.01. The summed E-state index contributed by atoms with van der Waals surface area (Å²) in [5, 5.41) is 9.88. The number of aromatic carboxylic acids is 1. The maximum atomic E-state index is 12.1. The van der Waals surface area contributed by atoms with Gasteiger partial charge in [-0.05, 0) is 36.7 Å². The zero-order valence-electron chi connectivity index (χ0n) is 14.8. The molecule has 27 heavy (non-hydrogen) atoms. The Labute approximate surface area is 162 Å². The number of nitrogens with two attached hydrogens (primary N) is 1. The molecule has 1 aromatic heterocycles. The van der Waals surface area contributed by atoms with E-state index in [9.17, 15) is 9.90 Å². The lowest BCUT2D eigenvalue weighted by atomic mass is 9.99. The van der Waals surface area contributed by atoms with Crippen LogP contribution in [0.3, 0.4) is 0 Å². The Morgan fingerprint density at radius 2 is 1.96 bits per heavy atom. The Bertz CT molecular complexity index is 879. The lowest BCUT2D eigenvalue weighted by Gasteiger charge is -2.16. The molecule has 5 nitrogen and oxygen atoms in total. The van der Waals surface area contributed by atoms with Crippen molar-refractivity contribution in [3.05, 3.63) is 72.2 Å². The molecular formula is C21H21NO4S. The van der Waals surface area contributed by atoms with Crippen molar-refractivity contribution >= 4 is 17.7 Å². The summed E-state index contributed by atoms with van der Waals surface area (Å²) in [5.74, 6) is -0.111. The van der Waals surface area contributed by atoms with Crippen LogP contribution in [0.1, 0.15) is 22.3 Å². The fourth-order valence-corrected chi connectivity index (χ4v) is 3.62. The van der Waals surface area contributed by atoms with E-state index < -0.39 is 5.97 Å². The van der Waals surface area contributed by atoms with Crippen molar-refractivity contribution in [3.63, 3.8) is 0 Å². The van der Waals surface area contributed by atoms with E-state index >= 15 is 0 Å².